The third-order valence-electron chi connectivity index (χ3n) is 2.90. The minimum atomic E-state index is -0.350. The Labute approximate surface area is 117 Å². The summed E-state index contributed by atoms with van der Waals surface area (Å²) in [6.45, 7) is 1.77. The average molecular weight is 270 g/mol. The normalized spacial score (nSPS) is 10.9. The zero-order valence-corrected chi connectivity index (χ0v) is 11.3. The van der Waals surface area contributed by atoms with Gasteiger partial charge in [-0.3, -0.25) is 0 Å². The lowest BCUT2D eigenvalue weighted by molar-refractivity contribution is -0.281. The maximum atomic E-state index is 12.0. The van der Waals surface area contributed by atoms with Crippen LogP contribution < -0.4 is 14.9 Å². The van der Waals surface area contributed by atoms with Crippen LogP contribution in [0.3, 0.4) is 0 Å². The number of ether oxygens (including phenoxy) is 1. The van der Waals surface area contributed by atoms with Gasteiger partial charge in [0, 0.05) is 0 Å². The Kier molecular flexibility index (Phi) is 4.20. The average Bonchev–Trinajstić information content (AvgIpc) is 2.47. The van der Waals surface area contributed by atoms with Gasteiger partial charge in [0.15, 0.2) is 0 Å². The van der Waals surface area contributed by atoms with E-state index >= 15 is 0 Å². The first kappa shape index (κ1) is 13.9. The van der Waals surface area contributed by atoms with E-state index in [4.69, 9.17) is 4.74 Å². The summed E-state index contributed by atoms with van der Waals surface area (Å²) in [6.07, 6.45) is 0.392. The number of nitrogens with zero attached hydrogens (tertiary/aromatic N) is 2. The quantitative estimate of drug-likeness (QED) is 0.801. The highest BCUT2D eigenvalue weighted by atomic mass is 16.5. The van der Waals surface area contributed by atoms with Crippen LogP contribution in [0.4, 0.5) is 11.4 Å². The monoisotopic (exact) mass is 270 g/mol. The van der Waals surface area contributed by atoms with Gasteiger partial charge in [-0.2, -0.15) is 10.2 Å². The van der Waals surface area contributed by atoms with Crippen LogP contribution in [0.5, 0.6) is 17.2 Å². The Morgan fingerprint density at radius 1 is 1.00 bits per heavy atom. The van der Waals surface area contributed by atoms with E-state index in [2.05, 4.69) is 10.2 Å². The molecule has 5 heteroatoms. The summed E-state index contributed by atoms with van der Waals surface area (Å²) in [5.41, 5.74) is 1.03. The Hall–Kier alpha value is -2.56. The largest absolute Gasteiger partial charge is 0.872 e. The van der Waals surface area contributed by atoms with E-state index in [1.807, 2.05) is 0 Å². The molecule has 2 rings (SSSR count). The van der Waals surface area contributed by atoms with Crippen LogP contribution in [0.25, 0.3) is 0 Å². The van der Waals surface area contributed by atoms with Gasteiger partial charge in [0.05, 0.1) is 18.5 Å². The molecule has 0 heterocycles. The van der Waals surface area contributed by atoms with Crippen LogP contribution in [0.2, 0.25) is 0 Å². The molecule has 20 heavy (non-hydrogen) atoms. The molecular formula is C15H14N2O3-2. The molecule has 0 bridgehead atoms. The van der Waals surface area contributed by atoms with E-state index in [9.17, 15) is 10.2 Å². The van der Waals surface area contributed by atoms with E-state index in [0.29, 0.717) is 12.1 Å². The fourth-order valence-electron chi connectivity index (χ4n) is 1.77. The summed E-state index contributed by atoms with van der Waals surface area (Å²) >= 11 is 0. The first-order valence-electron chi connectivity index (χ1n) is 6.21. The Balaban J connectivity index is 2.26. The Morgan fingerprint density at radius 2 is 1.70 bits per heavy atom. The number of benzene rings is 2. The first-order valence-corrected chi connectivity index (χ1v) is 6.21. The third kappa shape index (κ3) is 2.88. The molecule has 0 amide bonds. The second-order valence-electron chi connectivity index (χ2n) is 4.14. The molecule has 5 nitrogen and oxygen atoms in total. The molecule has 0 aliphatic heterocycles. The van der Waals surface area contributed by atoms with Crippen LogP contribution in [0.1, 0.15) is 12.5 Å². The summed E-state index contributed by atoms with van der Waals surface area (Å²) in [7, 11) is 1.58. The number of hydrogen-bond acceptors (Lipinski definition) is 5. The van der Waals surface area contributed by atoms with E-state index in [-0.39, 0.29) is 22.7 Å². The molecule has 0 atom stereocenters. The fraction of sp³-hybridized carbons (Fsp3) is 0.200. The van der Waals surface area contributed by atoms with Crippen molar-refractivity contribution in [2.75, 3.05) is 7.11 Å². The van der Waals surface area contributed by atoms with Crippen LogP contribution in [-0.4, -0.2) is 7.11 Å². The minimum absolute atomic E-state index is 0.178. The van der Waals surface area contributed by atoms with Gasteiger partial charge in [-0.1, -0.05) is 24.3 Å². The number of methoxy groups -OCH3 is 1. The van der Waals surface area contributed by atoms with Gasteiger partial charge in [-0.25, -0.2) is 0 Å². The van der Waals surface area contributed by atoms with E-state index in [1.165, 1.54) is 12.1 Å². The molecule has 2 aromatic rings. The molecule has 0 saturated heterocycles. The molecule has 0 aromatic heterocycles. The standard InChI is InChI=1S/C15H16N2O3/c1-3-12-14(18)9-8-13(15(12)19)17-16-10-4-6-11(20-2)7-5-10/h4-9,18-19H,3H2,1-2H3/p-2. The lowest BCUT2D eigenvalue weighted by Gasteiger charge is -2.21. The SMILES string of the molecule is CCc1c([O-])ccc(N=Nc2ccc(OC)cc2)c1[O-]. The van der Waals surface area contributed by atoms with E-state index < -0.39 is 0 Å². The van der Waals surface area contributed by atoms with Crippen molar-refractivity contribution in [2.45, 2.75) is 13.3 Å². The first-order chi connectivity index (χ1) is 9.65. The smallest absolute Gasteiger partial charge is 0.119 e. The highest BCUT2D eigenvalue weighted by Crippen LogP contribution is 2.34. The molecule has 0 radical (unpaired) electrons. The summed E-state index contributed by atoms with van der Waals surface area (Å²) in [6, 6.07) is 9.72. The highest BCUT2D eigenvalue weighted by Gasteiger charge is 1.99. The third-order valence-corrected chi connectivity index (χ3v) is 2.90. The predicted octanol–water partition coefficient (Wildman–Crippen LogP) is 2.82. The van der Waals surface area contributed by atoms with Crippen molar-refractivity contribution in [3.8, 4) is 17.2 Å². The molecule has 2 aromatic carbocycles. The Morgan fingerprint density at radius 3 is 2.30 bits per heavy atom. The number of rotatable bonds is 4. The molecule has 0 aliphatic rings. The lowest BCUT2D eigenvalue weighted by Crippen LogP contribution is -2.02. The van der Waals surface area contributed by atoms with Gasteiger partial charge >= 0.3 is 0 Å². The minimum Gasteiger partial charge on any atom is -0.872 e. The highest BCUT2D eigenvalue weighted by molar-refractivity contribution is 5.58. The van der Waals surface area contributed by atoms with Gasteiger partial charge in [-0.15, -0.1) is 5.75 Å². The van der Waals surface area contributed by atoms with Gasteiger partial charge in [0.2, 0.25) is 0 Å². The van der Waals surface area contributed by atoms with Gasteiger partial charge in [0.25, 0.3) is 0 Å². The number of azo groups is 1. The van der Waals surface area contributed by atoms with Crippen molar-refractivity contribution in [1.29, 1.82) is 0 Å². The molecule has 0 unspecified atom stereocenters. The van der Waals surface area contributed by atoms with Crippen LogP contribution in [0.15, 0.2) is 46.6 Å². The van der Waals surface area contributed by atoms with Gasteiger partial charge in [-0.05, 0) is 36.8 Å². The molecule has 0 N–H and O–H groups in total. The van der Waals surface area contributed by atoms with Crippen LogP contribution >= 0.6 is 0 Å². The molecular weight excluding hydrogens is 256 g/mol. The topological polar surface area (TPSA) is 80.1 Å². The van der Waals surface area contributed by atoms with Crippen LogP contribution in [-0.2, 0) is 6.42 Å². The van der Waals surface area contributed by atoms with Crippen molar-refractivity contribution >= 4 is 11.4 Å². The molecule has 104 valence electrons. The Bertz CT molecular complexity index is 622. The summed E-state index contributed by atoms with van der Waals surface area (Å²) in [4.78, 5) is 0. The lowest BCUT2D eigenvalue weighted by atomic mass is 10.1. The molecule has 0 aliphatic carbocycles. The van der Waals surface area contributed by atoms with Gasteiger partial charge < -0.3 is 14.9 Å². The van der Waals surface area contributed by atoms with Crippen LogP contribution in [0, 0.1) is 0 Å². The summed E-state index contributed by atoms with van der Waals surface area (Å²) < 4.78 is 5.04. The molecule has 0 saturated carbocycles. The molecule has 0 spiro atoms. The summed E-state index contributed by atoms with van der Waals surface area (Å²) in [5, 5.41) is 31.3. The maximum absolute atomic E-state index is 12.0. The van der Waals surface area contributed by atoms with Crippen molar-refractivity contribution in [3.05, 3.63) is 42.0 Å². The number of hydrogen-bond donors (Lipinski definition) is 0. The van der Waals surface area contributed by atoms with E-state index in [0.717, 1.165) is 5.75 Å². The predicted molar refractivity (Wildman–Crippen MR) is 71.9 cm³/mol. The van der Waals surface area contributed by atoms with Crippen molar-refractivity contribution < 1.29 is 14.9 Å². The molecule has 0 fully saturated rings. The zero-order chi connectivity index (χ0) is 14.5. The van der Waals surface area contributed by atoms with Gasteiger partial charge in [0.1, 0.15) is 5.75 Å². The fourth-order valence-corrected chi connectivity index (χ4v) is 1.77. The van der Waals surface area contributed by atoms with Crippen molar-refractivity contribution in [2.24, 2.45) is 10.2 Å². The van der Waals surface area contributed by atoms with E-state index in [1.54, 1.807) is 38.3 Å². The van der Waals surface area contributed by atoms with Crippen molar-refractivity contribution in [3.63, 3.8) is 0 Å². The second-order valence-corrected chi connectivity index (χ2v) is 4.14. The second kappa shape index (κ2) is 6.06. The van der Waals surface area contributed by atoms with Crippen molar-refractivity contribution in [1.82, 2.24) is 0 Å². The summed E-state index contributed by atoms with van der Waals surface area (Å²) in [5.74, 6) is 0.121. The zero-order valence-electron chi connectivity index (χ0n) is 11.3. The maximum Gasteiger partial charge on any atom is 0.119 e.